The van der Waals surface area contributed by atoms with E-state index in [1.807, 2.05) is 12.2 Å². The summed E-state index contributed by atoms with van der Waals surface area (Å²) in [7, 11) is 0. The second-order valence-electron chi connectivity index (χ2n) is 9.10. The molecule has 4 rings (SSSR count). The third-order valence-electron chi connectivity index (χ3n) is 6.24. The highest BCUT2D eigenvalue weighted by Crippen LogP contribution is 2.39. The minimum Gasteiger partial charge on any atom is -0.454 e. The van der Waals surface area contributed by atoms with Gasteiger partial charge >= 0.3 is 6.09 Å². The summed E-state index contributed by atoms with van der Waals surface area (Å²) in [6, 6.07) is 14.0. The Morgan fingerprint density at radius 1 is 1.14 bits per heavy atom. The fourth-order valence-electron chi connectivity index (χ4n) is 4.15. The number of nitrogens with zero attached hydrogens (tertiary/aromatic N) is 3. The first-order valence-electron chi connectivity index (χ1n) is 12.7. The molecule has 0 unspecified atom stereocenters. The quantitative estimate of drug-likeness (QED) is 0.236. The first kappa shape index (κ1) is 30.3. The maximum atomic E-state index is 13.7. The summed E-state index contributed by atoms with van der Waals surface area (Å²) < 4.78 is 24.3. The van der Waals surface area contributed by atoms with Crippen LogP contribution in [0.15, 0.2) is 53.6 Å². The summed E-state index contributed by atoms with van der Waals surface area (Å²) >= 11 is 12.8. The molecule has 3 aromatic rings. The number of amides is 3. The van der Waals surface area contributed by atoms with Crippen LogP contribution in [-0.4, -0.2) is 41.7 Å². The van der Waals surface area contributed by atoms with Crippen LogP contribution in [-0.2, 0) is 22.5 Å². The van der Waals surface area contributed by atoms with Crippen molar-refractivity contribution < 1.29 is 28.2 Å². The van der Waals surface area contributed by atoms with Gasteiger partial charge in [0.15, 0.2) is 5.75 Å². The molecule has 216 valence electrons. The van der Waals surface area contributed by atoms with Gasteiger partial charge in [-0.3, -0.25) is 20.3 Å². The van der Waals surface area contributed by atoms with Crippen molar-refractivity contribution in [2.24, 2.45) is 5.10 Å². The number of carbonyl (C=O) groups is 3. The smallest absolute Gasteiger partial charge is 0.414 e. The number of halogens is 3. The van der Waals surface area contributed by atoms with E-state index in [0.29, 0.717) is 30.8 Å². The predicted octanol–water partition coefficient (Wildman–Crippen LogP) is 6.00. The summed E-state index contributed by atoms with van der Waals surface area (Å²) in [6.07, 6.45) is -0.444. The predicted molar refractivity (Wildman–Crippen MR) is 154 cm³/mol. The number of rotatable bonds is 8. The number of hydrogen-bond donors (Lipinski definition) is 2. The van der Waals surface area contributed by atoms with Crippen molar-refractivity contribution in [1.29, 1.82) is 5.26 Å². The Bertz CT molecular complexity index is 1620. The number of benzene rings is 3. The average Bonchev–Trinajstić information content (AvgIpc) is 2.94. The number of nitrogens with one attached hydrogen (secondary N) is 2. The maximum Gasteiger partial charge on any atom is 0.414 e. The second-order valence-corrected chi connectivity index (χ2v) is 9.91. The Labute approximate surface area is 250 Å². The Morgan fingerprint density at radius 2 is 1.88 bits per heavy atom. The summed E-state index contributed by atoms with van der Waals surface area (Å²) in [6.45, 7) is 4.24. The molecule has 0 saturated carbocycles. The summed E-state index contributed by atoms with van der Waals surface area (Å²) in [5.41, 5.74) is 5.07. The number of ether oxygens (including phenoxy) is 2. The number of fused-ring (bicyclic) bond motifs is 1. The van der Waals surface area contributed by atoms with E-state index in [-0.39, 0.29) is 39.8 Å². The fourth-order valence-corrected chi connectivity index (χ4v) is 4.71. The molecule has 2 N–H and O–H groups in total. The van der Waals surface area contributed by atoms with Crippen LogP contribution in [0.25, 0.3) is 0 Å². The van der Waals surface area contributed by atoms with Crippen LogP contribution in [0.3, 0.4) is 0 Å². The molecule has 42 heavy (non-hydrogen) atoms. The van der Waals surface area contributed by atoms with Gasteiger partial charge in [-0.25, -0.2) is 9.18 Å². The molecule has 0 bridgehead atoms. The summed E-state index contributed by atoms with van der Waals surface area (Å²) in [4.78, 5) is 38.2. The van der Waals surface area contributed by atoms with Crippen molar-refractivity contribution in [2.45, 2.75) is 26.8 Å². The molecule has 13 heteroatoms. The molecule has 0 aromatic heterocycles. The van der Waals surface area contributed by atoms with E-state index in [2.05, 4.69) is 15.3 Å². The lowest BCUT2D eigenvalue weighted by molar-refractivity contribution is -0.114. The van der Waals surface area contributed by atoms with E-state index in [1.54, 1.807) is 42.2 Å². The van der Waals surface area contributed by atoms with Gasteiger partial charge in [-0.05, 0) is 79.4 Å². The molecule has 0 fully saturated rings. The van der Waals surface area contributed by atoms with Crippen molar-refractivity contribution >= 4 is 52.5 Å². The molecule has 0 saturated heterocycles. The number of carbonyl (C=O) groups excluding carboxylic acids is 3. The number of aryl methyl sites for hydroxylation is 1. The largest absolute Gasteiger partial charge is 0.454 e. The molecular formula is C29H24Cl2FN5O5. The summed E-state index contributed by atoms with van der Waals surface area (Å²) in [5, 5.41) is 14.9. The zero-order valence-corrected chi connectivity index (χ0v) is 24.0. The third kappa shape index (κ3) is 7.15. The van der Waals surface area contributed by atoms with E-state index in [1.165, 1.54) is 24.3 Å². The molecule has 0 radical (unpaired) electrons. The highest BCUT2D eigenvalue weighted by Gasteiger charge is 2.26. The number of alkyl carbamates (subject to hydrolysis) is 1. The van der Waals surface area contributed by atoms with E-state index in [0.717, 1.165) is 16.7 Å². The fraction of sp³-hybridized carbons (Fsp3) is 0.207. The van der Waals surface area contributed by atoms with Crippen LogP contribution >= 0.6 is 23.2 Å². The van der Waals surface area contributed by atoms with E-state index < -0.39 is 17.7 Å². The Morgan fingerprint density at radius 3 is 2.57 bits per heavy atom. The van der Waals surface area contributed by atoms with Crippen LogP contribution in [0.4, 0.5) is 14.9 Å². The zero-order valence-electron chi connectivity index (χ0n) is 22.5. The van der Waals surface area contributed by atoms with Gasteiger partial charge in [0, 0.05) is 18.7 Å². The molecule has 10 nitrogen and oxygen atoms in total. The van der Waals surface area contributed by atoms with Crippen LogP contribution in [0, 0.1) is 24.1 Å². The Balaban J connectivity index is 1.45. The van der Waals surface area contributed by atoms with Crippen molar-refractivity contribution in [3.05, 3.63) is 86.6 Å². The SMILES string of the molecule is CCOC(=O)NC(=O)C(C#N)=NNc1cc(Cl)c(Oc2ccc3c(c2)CCN(Cc2cc(F)ccc2C)C3=O)c(Cl)c1. The van der Waals surface area contributed by atoms with Crippen LogP contribution in [0.1, 0.15) is 34.0 Å². The van der Waals surface area contributed by atoms with Gasteiger partial charge in [0.2, 0.25) is 5.71 Å². The van der Waals surface area contributed by atoms with Crippen LogP contribution < -0.4 is 15.5 Å². The van der Waals surface area contributed by atoms with Gasteiger partial charge < -0.3 is 14.4 Å². The highest BCUT2D eigenvalue weighted by molar-refractivity contribution is 6.47. The normalized spacial score (nSPS) is 12.7. The lowest BCUT2D eigenvalue weighted by atomic mass is 9.97. The topological polar surface area (TPSA) is 133 Å². The molecule has 3 amide bonds. The van der Waals surface area contributed by atoms with Gasteiger partial charge in [0.25, 0.3) is 11.8 Å². The third-order valence-corrected chi connectivity index (χ3v) is 6.81. The molecule has 0 aliphatic carbocycles. The highest BCUT2D eigenvalue weighted by atomic mass is 35.5. The van der Waals surface area contributed by atoms with Gasteiger partial charge in [-0.1, -0.05) is 29.3 Å². The second kappa shape index (κ2) is 13.3. The minimum atomic E-state index is -1.06. The van der Waals surface area contributed by atoms with Crippen LogP contribution in [0.2, 0.25) is 10.0 Å². The van der Waals surface area contributed by atoms with Crippen LogP contribution in [0.5, 0.6) is 11.5 Å². The first-order chi connectivity index (χ1) is 20.1. The molecule has 3 aromatic carbocycles. The lowest BCUT2D eigenvalue weighted by Crippen LogP contribution is -2.37. The Kier molecular flexibility index (Phi) is 9.62. The maximum absolute atomic E-state index is 13.7. The van der Waals surface area contributed by atoms with Gasteiger partial charge in [0.05, 0.1) is 22.3 Å². The molecule has 1 heterocycles. The monoisotopic (exact) mass is 611 g/mol. The van der Waals surface area contributed by atoms with Crippen molar-refractivity contribution in [1.82, 2.24) is 10.2 Å². The first-order valence-corrected chi connectivity index (χ1v) is 13.4. The number of imide groups is 1. The molecule has 0 spiro atoms. The minimum absolute atomic E-state index is 0.0434. The number of hydrazone groups is 1. The molecular weight excluding hydrogens is 588 g/mol. The van der Waals surface area contributed by atoms with E-state index in [9.17, 15) is 24.0 Å². The van der Waals surface area contributed by atoms with E-state index in [4.69, 9.17) is 27.9 Å². The van der Waals surface area contributed by atoms with E-state index >= 15 is 0 Å². The average molecular weight is 612 g/mol. The van der Waals surface area contributed by atoms with Crippen molar-refractivity contribution in [3.8, 4) is 17.6 Å². The number of nitriles is 1. The Hall–Kier alpha value is -4.66. The lowest BCUT2D eigenvalue weighted by Gasteiger charge is -2.29. The van der Waals surface area contributed by atoms with Gasteiger partial charge in [-0.2, -0.15) is 10.4 Å². The molecule has 1 aliphatic heterocycles. The zero-order chi connectivity index (χ0) is 30.4. The van der Waals surface area contributed by atoms with Gasteiger partial charge in [0.1, 0.15) is 17.6 Å². The molecule has 1 aliphatic rings. The summed E-state index contributed by atoms with van der Waals surface area (Å²) in [5.74, 6) is -1.02. The number of anilines is 1. The molecule has 0 atom stereocenters. The standard InChI is InChI=1S/C29H24Cl2FN5O5/c1-3-41-29(40)34-27(38)25(14-33)36-35-20-12-23(30)26(24(31)13-20)42-21-6-7-22-17(11-21)8-9-37(28(22)39)15-18-10-19(32)5-4-16(18)2/h4-7,10-13,35H,3,8-9,15H2,1-2H3,(H,34,38,40). The van der Waals surface area contributed by atoms with Crippen molar-refractivity contribution in [2.75, 3.05) is 18.6 Å². The van der Waals surface area contributed by atoms with Gasteiger partial charge in [-0.15, -0.1) is 0 Å². The number of hydrogen-bond acceptors (Lipinski definition) is 8. The van der Waals surface area contributed by atoms with Crippen molar-refractivity contribution in [3.63, 3.8) is 0 Å².